The van der Waals surface area contributed by atoms with E-state index in [0.717, 1.165) is 31.3 Å². The fourth-order valence-electron chi connectivity index (χ4n) is 4.22. The van der Waals surface area contributed by atoms with Crippen molar-refractivity contribution in [2.45, 2.75) is 37.8 Å². The number of para-hydroxylation sites is 1. The second-order valence-corrected chi connectivity index (χ2v) is 7.04. The normalized spacial score (nSPS) is 31.7. The number of rotatable bonds is 2. The second-order valence-electron chi connectivity index (χ2n) is 7.04. The summed E-state index contributed by atoms with van der Waals surface area (Å²) in [5, 5.41) is 12.0. The minimum Gasteiger partial charge on any atom is -0.390 e. The van der Waals surface area contributed by atoms with Gasteiger partial charge in [-0.25, -0.2) is 0 Å². The first-order chi connectivity index (χ1) is 11.2. The maximum Gasteiger partial charge on any atom is 0.0722 e. The first-order valence-electron chi connectivity index (χ1n) is 8.57. The van der Waals surface area contributed by atoms with Crippen molar-refractivity contribution in [2.75, 3.05) is 24.7 Å². The van der Waals surface area contributed by atoms with Crippen LogP contribution < -0.4 is 4.90 Å². The zero-order valence-electron chi connectivity index (χ0n) is 13.6. The standard InChI is InChI=1S/C19H24N2O2/c1-19(22)9-12-23-13-15(19)18-7-4-11-21(18)17-8-10-20-16-6-3-2-5-14(16)17/h2-3,5-6,8,10,15,18,22H,4,7,9,11-13H2,1H3. The van der Waals surface area contributed by atoms with Gasteiger partial charge in [0.15, 0.2) is 0 Å². The van der Waals surface area contributed by atoms with Gasteiger partial charge in [0.05, 0.1) is 17.7 Å². The number of nitrogens with zero attached hydrogens (tertiary/aromatic N) is 2. The number of fused-ring (bicyclic) bond motifs is 1. The fourth-order valence-corrected chi connectivity index (χ4v) is 4.22. The molecule has 2 aliphatic heterocycles. The van der Waals surface area contributed by atoms with Crippen LogP contribution in [0.25, 0.3) is 10.9 Å². The maximum atomic E-state index is 10.9. The summed E-state index contributed by atoms with van der Waals surface area (Å²) < 4.78 is 5.70. The van der Waals surface area contributed by atoms with E-state index in [-0.39, 0.29) is 5.92 Å². The third kappa shape index (κ3) is 2.60. The summed E-state index contributed by atoms with van der Waals surface area (Å²) in [5.41, 5.74) is 1.62. The van der Waals surface area contributed by atoms with E-state index in [1.54, 1.807) is 0 Å². The Morgan fingerprint density at radius 2 is 2.17 bits per heavy atom. The van der Waals surface area contributed by atoms with E-state index < -0.39 is 5.60 Å². The molecule has 3 atom stereocenters. The fraction of sp³-hybridized carbons (Fsp3) is 0.526. The van der Waals surface area contributed by atoms with Gasteiger partial charge in [0, 0.05) is 42.4 Å². The maximum absolute atomic E-state index is 10.9. The van der Waals surface area contributed by atoms with Gasteiger partial charge in [-0.15, -0.1) is 0 Å². The topological polar surface area (TPSA) is 45.6 Å². The first kappa shape index (κ1) is 14.9. The number of benzene rings is 1. The average molecular weight is 312 g/mol. The SMILES string of the molecule is CC1(O)CCOCC1C1CCCN1c1ccnc2ccccc12. The lowest BCUT2D eigenvalue weighted by Crippen LogP contribution is -2.52. The third-order valence-corrected chi connectivity index (χ3v) is 5.55. The van der Waals surface area contributed by atoms with E-state index in [1.165, 1.54) is 11.1 Å². The van der Waals surface area contributed by atoms with Crippen molar-refractivity contribution in [3.8, 4) is 0 Å². The van der Waals surface area contributed by atoms with Crippen LogP contribution in [0.3, 0.4) is 0 Å². The molecule has 3 heterocycles. The van der Waals surface area contributed by atoms with Gasteiger partial charge in [-0.1, -0.05) is 18.2 Å². The molecule has 1 aromatic carbocycles. The molecule has 2 aromatic rings. The van der Waals surface area contributed by atoms with Crippen molar-refractivity contribution in [1.82, 2.24) is 4.98 Å². The lowest BCUT2D eigenvalue weighted by molar-refractivity contribution is -0.108. The molecule has 4 heteroatoms. The van der Waals surface area contributed by atoms with Crippen molar-refractivity contribution < 1.29 is 9.84 Å². The van der Waals surface area contributed by atoms with Crippen molar-refractivity contribution in [3.63, 3.8) is 0 Å². The number of aromatic nitrogens is 1. The lowest BCUT2D eigenvalue weighted by atomic mass is 9.79. The Kier molecular flexibility index (Phi) is 3.74. The second kappa shape index (κ2) is 5.77. The molecule has 1 aromatic heterocycles. The molecule has 2 aliphatic rings. The number of hydrogen-bond donors (Lipinski definition) is 1. The van der Waals surface area contributed by atoms with Crippen LogP contribution in [0, 0.1) is 5.92 Å². The Morgan fingerprint density at radius 1 is 1.30 bits per heavy atom. The van der Waals surface area contributed by atoms with Crippen molar-refractivity contribution in [3.05, 3.63) is 36.5 Å². The van der Waals surface area contributed by atoms with Gasteiger partial charge >= 0.3 is 0 Å². The molecule has 122 valence electrons. The Labute approximate surface area is 137 Å². The smallest absolute Gasteiger partial charge is 0.0722 e. The van der Waals surface area contributed by atoms with E-state index >= 15 is 0 Å². The summed E-state index contributed by atoms with van der Waals surface area (Å²) in [6.07, 6.45) is 4.89. The van der Waals surface area contributed by atoms with Crippen molar-refractivity contribution in [2.24, 2.45) is 5.92 Å². The Balaban J connectivity index is 1.72. The van der Waals surface area contributed by atoms with Gasteiger partial charge in [0.1, 0.15) is 0 Å². The van der Waals surface area contributed by atoms with E-state index in [2.05, 4.69) is 34.1 Å². The minimum absolute atomic E-state index is 0.158. The molecule has 2 saturated heterocycles. The molecule has 2 fully saturated rings. The zero-order chi connectivity index (χ0) is 15.9. The average Bonchev–Trinajstić information content (AvgIpc) is 3.03. The molecule has 0 amide bonds. The monoisotopic (exact) mass is 312 g/mol. The quantitative estimate of drug-likeness (QED) is 0.926. The molecule has 4 rings (SSSR count). The first-order valence-corrected chi connectivity index (χ1v) is 8.57. The van der Waals surface area contributed by atoms with Crippen LogP contribution in [0.2, 0.25) is 0 Å². The van der Waals surface area contributed by atoms with Crippen LogP contribution in [-0.2, 0) is 4.74 Å². The number of anilines is 1. The van der Waals surface area contributed by atoms with E-state index in [0.29, 0.717) is 19.3 Å². The minimum atomic E-state index is -0.645. The molecule has 4 nitrogen and oxygen atoms in total. The van der Waals surface area contributed by atoms with Gasteiger partial charge in [-0.3, -0.25) is 4.98 Å². The molecule has 0 aliphatic carbocycles. The highest BCUT2D eigenvalue weighted by Crippen LogP contribution is 2.39. The molecular formula is C19H24N2O2. The van der Waals surface area contributed by atoms with E-state index in [4.69, 9.17) is 4.74 Å². The molecule has 1 N–H and O–H groups in total. The highest BCUT2D eigenvalue weighted by Gasteiger charge is 2.44. The summed E-state index contributed by atoms with van der Waals surface area (Å²) in [6.45, 7) is 4.32. The molecular weight excluding hydrogens is 288 g/mol. The number of ether oxygens (including phenoxy) is 1. The van der Waals surface area contributed by atoms with Gasteiger partial charge in [-0.05, 0) is 38.3 Å². The van der Waals surface area contributed by atoms with Crippen LogP contribution in [0.1, 0.15) is 26.2 Å². The van der Waals surface area contributed by atoms with Crippen LogP contribution in [0.4, 0.5) is 5.69 Å². The van der Waals surface area contributed by atoms with Crippen LogP contribution in [0.15, 0.2) is 36.5 Å². The zero-order valence-corrected chi connectivity index (χ0v) is 13.6. The number of pyridine rings is 1. The Bertz CT molecular complexity index is 695. The summed E-state index contributed by atoms with van der Waals surface area (Å²) in [6, 6.07) is 10.7. The Hall–Kier alpha value is -1.65. The van der Waals surface area contributed by atoms with Crippen LogP contribution in [-0.4, -0.2) is 41.5 Å². The van der Waals surface area contributed by atoms with Gasteiger partial charge in [0.2, 0.25) is 0 Å². The predicted molar refractivity (Wildman–Crippen MR) is 91.7 cm³/mol. The largest absolute Gasteiger partial charge is 0.390 e. The molecule has 23 heavy (non-hydrogen) atoms. The third-order valence-electron chi connectivity index (χ3n) is 5.55. The molecule has 0 radical (unpaired) electrons. The predicted octanol–water partition coefficient (Wildman–Crippen LogP) is 2.99. The highest BCUT2D eigenvalue weighted by atomic mass is 16.5. The summed E-state index contributed by atoms with van der Waals surface area (Å²) in [4.78, 5) is 6.95. The molecule has 0 bridgehead atoms. The van der Waals surface area contributed by atoms with Gasteiger partial charge in [0.25, 0.3) is 0 Å². The summed E-state index contributed by atoms with van der Waals surface area (Å²) in [5.74, 6) is 0.158. The van der Waals surface area contributed by atoms with Crippen LogP contribution in [0.5, 0.6) is 0 Å². The van der Waals surface area contributed by atoms with Crippen molar-refractivity contribution >= 4 is 16.6 Å². The van der Waals surface area contributed by atoms with Gasteiger partial charge in [-0.2, -0.15) is 0 Å². The summed E-state index contributed by atoms with van der Waals surface area (Å²) in [7, 11) is 0. The Morgan fingerprint density at radius 3 is 3.04 bits per heavy atom. The van der Waals surface area contributed by atoms with E-state index in [1.807, 2.05) is 19.2 Å². The van der Waals surface area contributed by atoms with Crippen LogP contribution >= 0.6 is 0 Å². The number of hydrogen-bond acceptors (Lipinski definition) is 4. The molecule has 0 saturated carbocycles. The molecule has 0 spiro atoms. The van der Waals surface area contributed by atoms with Gasteiger partial charge < -0.3 is 14.7 Å². The highest BCUT2D eigenvalue weighted by molar-refractivity contribution is 5.91. The van der Waals surface area contributed by atoms with E-state index in [9.17, 15) is 5.11 Å². The number of aliphatic hydroxyl groups is 1. The van der Waals surface area contributed by atoms with Crippen molar-refractivity contribution in [1.29, 1.82) is 0 Å². The lowest BCUT2D eigenvalue weighted by Gasteiger charge is -2.44. The summed E-state index contributed by atoms with van der Waals surface area (Å²) >= 11 is 0. The molecule has 3 unspecified atom stereocenters.